The lowest BCUT2D eigenvalue weighted by Crippen LogP contribution is -2.44. The number of rotatable bonds is 5. The van der Waals surface area contributed by atoms with Crippen molar-refractivity contribution in [3.63, 3.8) is 0 Å². The third-order valence-electron chi connectivity index (χ3n) is 4.50. The summed E-state index contributed by atoms with van der Waals surface area (Å²) in [7, 11) is 0. The summed E-state index contributed by atoms with van der Waals surface area (Å²) < 4.78 is 27.1. The fourth-order valence-electron chi connectivity index (χ4n) is 3.20. The quantitative estimate of drug-likeness (QED) is 0.585. The Hall–Kier alpha value is -1.50. The fourth-order valence-corrected chi connectivity index (χ4v) is 3.56. The zero-order valence-corrected chi connectivity index (χ0v) is 16.7. The van der Waals surface area contributed by atoms with E-state index >= 15 is 0 Å². The summed E-state index contributed by atoms with van der Waals surface area (Å²) in [4.78, 5) is 2.09. The van der Waals surface area contributed by atoms with E-state index in [1.807, 2.05) is 31.2 Å². The van der Waals surface area contributed by atoms with Gasteiger partial charge in [0.1, 0.15) is 23.4 Å². The number of anilines is 1. The van der Waals surface area contributed by atoms with Gasteiger partial charge in [0.25, 0.3) is 0 Å². The van der Waals surface area contributed by atoms with Crippen molar-refractivity contribution in [2.75, 3.05) is 24.6 Å². The predicted molar refractivity (Wildman–Crippen MR) is 107 cm³/mol. The number of piperidine rings is 1. The summed E-state index contributed by atoms with van der Waals surface area (Å²) in [5, 5.41) is 0. The first-order valence-corrected chi connectivity index (χ1v) is 9.74. The van der Waals surface area contributed by atoms with Gasteiger partial charge < -0.3 is 14.4 Å². The van der Waals surface area contributed by atoms with Gasteiger partial charge in [0, 0.05) is 35.1 Å². The molecule has 5 heteroatoms. The molecule has 2 aromatic rings. The maximum absolute atomic E-state index is 14.3. The molecule has 0 aromatic heterocycles. The summed E-state index contributed by atoms with van der Waals surface area (Å²) >= 11 is 2.28. The van der Waals surface area contributed by atoms with Gasteiger partial charge in [0.15, 0.2) is 0 Å². The molecule has 1 aliphatic heterocycles. The highest BCUT2D eigenvalue weighted by atomic mass is 127. The van der Waals surface area contributed by atoms with Crippen LogP contribution in [0.2, 0.25) is 0 Å². The number of hydrogen-bond acceptors (Lipinski definition) is 3. The van der Waals surface area contributed by atoms with Crippen LogP contribution >= 0.6 is 22.6 Å². The minimum atomic E-state index is -0.201. The Labute approximate surface area is 162 Å². The molecular weight excluding hydrogens is 432 g/mol. The molecule has 0 N–H and O–H groups in total. The Morgan fingerprint density at radius 3 is 2.56 bits per heavy atom. The van der Waals surface area contributed by atoms with Crippen LogP contribution in [0.25, 0.3) is 0 Å². The average molecular weight is 455 g/mol. The van der Waals surface area contributed by atoms with E-state index in [0.29, 0.717) is 24.0 Å². The van der Waals surface area contributed by atoms with E-state index in [4.69, 9.17) is 9.47 Å². The Bertz CT molecular complexity index is 707. The molecule has 2 unspecified atom stereocenters. The molecule has 2 aromatic carbocycles. The second-order valence-electron chi connectivity index (χ2n) is 6.37. The van der Waals surface area contributed by atoms with Crippen LogP contribution in [-0.4, -0.2) is 25.8 Å². The Morgan fingerprint density at radius 1 is 1.16 bits per heavy atom. The van der Waals surface area contributed by atoms with E-state index in [2.05, 4.69) is 34.4 Å². The van der Waals surface area contributed by atoms with E-state index in [1.165, 1.54) is 9.64 Å². The molecule has 3 rings (SSSR count). The van der Waals surface area contributed by atoms with Gasteiger partial charge in [-0.15, -0.1) is 0 Å². The predicted octanol–water partition coefficient (Wildman–Crippen LogP) is 5.12. The highest BCUT2D eigenvalue weighted by Gasteiger charge is 2.29. The monoisotopic (exact) mass is 455 g/mol. The molecule has 134 valence electrons. The number of halogens is 2. The maximum Gasteiger partial charge on any atom is 0.146 e. The van der Waals surface area contributed by atoms with E-state index in [1.54, 1.807) is 12.1 Å². The summed E-state index contributed by atoms with van der Waals surface area (Å²) in [5.41, 5.74) is 0.616. The van der Waals surface area contributed by atoms with Crippen LogP contribution in [-0.2, 0) is 0 Å². The molecular formula is C20H23FINO2. The van der Waals surface area contributed by atoms with Crippen molar-refractivity contribution in [1.29, 1.82) is 0 Å². The van der Waals surface area contributed by atoms with Crippen molar-refractivity contribution in [1.82, 2.24) is 0 Å². The van der Waals surface area contributed by atoms with E-state index in [0.717, 1.165) is 25.3 Å². The first-order valence-electron chi connectivity index (χ1n) is 8.66. The zero-order chi connectivity index (χ0) is 17.8. The van der Waals surface area contributed by atoms with Crippen LogP contribution in [0.15, 0.2) is 42.5 Å². The number of hydrogen-bond donors (Lipinski definition) is 0. The molecule has 0 amide bonds. The second-order valence-corrected chi connectivity index (χ2v) is 7.61. The first kappa shape index (κ1) is 18.3. The van der Waals surface area contributed by atoms with Crippen LogP contribution in [0.4, 0.5) is 10.1 Å². The summed E-state index contributed by atoms with van der Waals surface area (Å²) in [5.74, 6) is 1.72. The number of ether oxygens (including phenoxy) is 2. The van der Waals surface area contributed by atoms with Crippen LogP contribution in [0.3, 0.4) is 0 Å². The van der Waals surface area contributed by atoms with Gasteiger partial charge in [-0.1, -0.05) is 6.92 Å². The Kier molecular flexibility index (Phi) is 6.04. The average Bonchev–Trinajstić information content (AvgIpc) is 2.60. The fraction of sp³-hybridized carbons (Fsp3) is 0.400. The van der Waals surface area contributed by atoms with Crippen molar-refractivity contribution in [2.24, 2.45) is 5.92 Å². The molecule has 1 saturated heterocycles. The SMILES string of the molecule is CCOc1ccc(F)c(N2CCC(Oc3ccc(I)cc3)C(C)C2)c1. The minimum absolute atomic E-state index is 0.148. The molecule has 2 atom stereocenters. The summed E-state index contributed by atoms with van der Waals surface area (Å²) in [6, 6.07) is 13.1. The van der Waals surface area contributed by atoms with Gasteiger partial charge in [0.2, 0.25) is 0 Å². The maximum atomic E-state index is 14.3. The van der Waals surface area contributed by atoms with Crippen LogP contribution < -0.4 is 14.4 Å². The molecule has 0 saturated carbocycles. The molecule has 0 spiro atoms. The van der Waals surface area contributed by atoms with Crippen molar-refractivity contribution < 1.29 is 13.9 Å². The van der Waals surface area contributed by atoms with Crippen molar-refractivity contribution in [3.8, 4) is 11.5 Å². The highest BCUT2D eigenvalue weighted by molar-refractivity contribution is 14.1. The van der Waals surface area contributed by atoms with Gasteiger partial charge in [-0.25, -0.2) is 4.39 Å². The molecule has 0 aliphatic carbocycles. The topological polar surface area (TPSA) is 21.7 Å². The highest BCUT2D eigenvalue weighted by Crippen LogP contribution is 2.31. The normalized spacial score (nSPS) is 20.4. The molecule has 1 heterocycles. The number of benzene rings is 2. The van der Waals surface area contributed by atoms with E-state index < -0.39 is 0 Å². The summed E-state index contributed by atoms with van der Waals surface area (Å²) in [6.07, 6.45) is 1.01. The van der Waals surface area contributed by atoms with Crippen molar-refractivity contribution >= 4 is 28.3 Å². The van der Waals surface area contributed by atoms with Gasteiger partial charge in [0.05, 0.1) is 12.3 Å². The van der Waals surface area contributed by atoms with Crippen LogP contribution in [0, 0.1) is 15.3 Å². The lowest BCUT2D eigenvalue weighted by molar-refractivity contribution is 0.121. The van der Waals surface area contributed by atoms with Crippen LogP contribution in [0.5, 0.6) is 11.5 Å². The van der Waals surface area contributed by atoms with Gasteiger partial charge in [-0.2, -0.15) is 0 Å². The molecule has 25 heavy (non-hydrogen) atoms. The minimum Gasteiger partial charge on any atom is -0.494 e. The largest absolute Gasteiger partial charge is 0.494 e. The van der Waals surface area contributed by atoms with Crippen molar-refractivity contribution in [3.05, 3.63) is 51.9 Å². The van der Waals surface area contributed by atoms with Gasteiger partial charge >= 0.3 is 0 Å². The Balaban J connectivity index is 1.67. The smallest absolute Gasteiger partial charge is 0.146 e. The molecule has 3 nitrogen and oxygen atoms in total. The lowest BCUT2D eigenvalue weighted by atomic mass is 9.95. The van der Waals surface area contributed by atoms with Crippen LogP contribution in [0.1, 0.15) is 20.3 Å². The molecule has 1 aliphatic rings. The summed E-state index contributed by atoms with van der Waals surface area (Å²) in [6.45, 7) is 6.20. The lowest BCUT2D eigenvalue weighted by Gasteiger charge is -2.38. The third-order valence-corrected chi connectivity index (χ3v) is 5.22. The number of nitrogens with zero attached hydrogens (tertiary/aromatic N) is 1. The zero-order valence-electron chi connectivity index (χ0n) is 14.5. The molecule has 0 bridgehead atoms. The van der Waals surface area contributed by atoms with Crippen molar-refractivity contribution in [2.45, 2.75) is 26.4 Å². The molecule has 1 fully saturated rings. The Morgan fingerprint density at radius 2 is 1.88 bits per heavy atom. The van der Waals surface area contributed by atoms with Gasteiger partial charge in [-0.3, -0.25) is 0 Å². The first-order chi connectivity index (χ1) is 12.1. The molecule has 0 radical (unpaired) electrons. The second kappa shape index (κ2) is 8.25. The standard InChI is InChI=1S/C20H23FINO2/c1-3-24-17-8-9-18(21)19(12-17)23-11-10-20(14(2)13-23)25-16-6-4-15(22)5-7-16/h4-9,12,14,20H,3,10-11,13H2,1-2H3. The third kappa shape index (κ3) is 4.57. The van der Waals surface area contributed by atoms with E-state index in [9.17, 15) is 4.39 Å². The van der Waals surface area contributed by atoms with Gasteiger partial charge in [-0.05, 0) is 65.9 Å². The van der Waals surface area contributed by atoms with E-state index in [-0.39, 0.29) is 11.9 Å².